The third kappa shape index (κ3) is 2.83. The first kappa shape index (κ1) is 12.9. The summed E-state index contributed by atoms with van der Waals surface area (Å²) in [5, 5.41) is 0. The molecule has 0 saturated carbocycles. The number of aromatic nitrogens is 2. The summed E-state index contributed by atoms with van der Waals surface area (Å²) in [6, 6.07) is 10.2. The van der Waals surface area contributed by atoms with Crippen LogP contribution in [0.25, 0.3) is 11.3 Å². The molecule has 0 aliphatic carbocycles. The maximum atomic E-state index is 5.33. The number of benzene rings is 1. The van der Waals surface area contributed by atoms with E-state index < -0.39 is 0 Å². The highest BCUT2D eigenvalue weighted by Gasteiger charge is 2.07. The van der Waals surface area contributed by atoms with Gasteiger partial charge in [0.15, 0.2) is 0 Å². The number of H-pyrrole nitrogens is 1. The second-order valence-corrected chi connectivity index (χ2v) is 4.98. The molecule has 94 valence electrons. The number of hydrogen-bond acceptors (Lipinski definition) is 3. The predicted octanol–water partition coefficient (Wildman–Crippen LogP) is 3.18. The second kappa shape index (κ2) is 5.42. The van der Waals surface area contributed by atoms with Crippen LogP contribution in [0.3, 0.4) is 0 Å². The van der Waals surface area contributed by atoms with Gasteiger partial charge in [0.05, 0.1) is 12.2 Å². The summed E-state index contributed by atoms with van der Waals surface area (Å²) in [5.74, 6) is 0.898. The first-order chi connectivity index (χ1) is 8.58. The molecule has 2 rings (SSSR count). The van der Waals surface area contributed by atoms with E-state index in [4.69, 9.17) is 12.2 Å². The SMILES string of the molecule is Cc1c(-c2ccccc2)[nH]c(CN(C)C)nc1=S. The molecule has 2 aromatic rings. The average molecular weight is 259 g/mol. The van der Waals surface area contributed by atoms with Gasteiger partial charge in [0.1, 0.15) is 10.5 Å². The van der Waals surface area contributed by atoms with Crippen molar-refractivity contribution in [3.05, 3.63) is 46.4 Å². The lowest BCUT2D eigenvalue weighted by Gasteiger charge is -2.12. The van der Waals surface area contributed by atoms with E-state index in [1.54, 1.807) is 0 Å². The molecule has 1 aromatic heterocycles. The lowest BCUT2D eigenvalue weighted by atomic mass is 10.1. The highest BCUT2D eigenvalue weighted by Crippen LogP contribution is 2.21. The van der Waals surface area contributed by atoms with E-state index in [0.717, 1.165) is 29.2 Å². The van der Waals surface area contributed by atoms with E-state index in [9.17, 15) is 0 Å². The van der Waals surface area contributed by atoms with Crippen molar-refractivity contribution in [1.29, 1.82) is 0 Å². The van der Waals surface area contributed by atoms with Crippen molar-refractivity contribution < 1.29 is 0 Å². The number of rotatable bonds is 3. The summed E-state index contributed by atoms with van der Waals surface area (Å²) in [7, 11) is 4.03. The van der Waals surface area contributed by atoms with Gasteiger partial charge in [0, 0.05) is 5.56 Å². The molecule has 0 aliphatic heterocycles. The Bertz CT molecular complexity index is 588. The van der Waals surface area contributed by atoms with Crippen LogP contribution in [-0.2, 0) is 6.54 Å². The number of aromatic amines is 1. The molecular formula is C14H17N3S. The number of hydrogen-bond donors (Lipinski definition) is 1. The van der Waals surface area contributed by atoms with E-state index in [0.29, 0.717) is 4.64 Å². The van der Waals surface area contributed by atoms with Crippen LogP contribution in [0.1, 0.15) is 11.4 Å². The van der Waals surface area contributed by atoms with Gasteiger partial charge in [0.2, 0.25) is 0 Å². The first-order valence-electron chi connectivity index (χ1n) is 5.88. The quantitative estimate of drug-likeness (QED) is 0.859. The van der Waals surface area contributed by atoms with Crippen LogP contribution >= 0.6 is 12.2 Å². The Balaban J connectivity index is 2.53. The molecule has 4 heteroatoms. The van der Waals surface area contributed by atoms with Crippen LogP contribution in [0, 0.1) is 11.6 Å². The third-order valence-electron chi connectivity index (χ3n) is 2.73. The van der Waals surface area contributed by atoms with E-state index >= 15 is 0 Å². The maximum absolute atomic E-state index is 5.33. The smallest absolute Gasteiger partial charge is 0.133 e. The second-order valence-electron chi connectivity index (χ2n) is 4.59. The molecule has 1 heterocycles. The van der Waals surface area contributed by atoms with E-state index in [1.807, 2.05) is 39.2 Å². The molecule has 0 spiro atoms. The van der Waals surface area contributed by atoms with Crippen LogP contribution in [-0.4, -0.2) is 29.0 Å². The maximum Gasteiger partial charge on any atom is 0.133 e. The number of nitrogens with one attached hydrogen (secondary N) is 1. The van der Waals surface area contributed by atoms with Crippen LogP contribution in [0.15, 0.2) is 30.3 Å². The summed E-state index contributed by atoms with van der Waals surface area (Å²) < 4.78 is 0.671. The molecule has 0 bridgehead atoms. The Morgan fingerprint density at radius 1 is 1.22 bits per heavy atom. The third-order valence-corrected chi connectivity index (χ3v) is 3.13. The molecule has 0 amide bonds. The fraction of sp³-hybridized carbons (Fsp3) is 0.286. The summed E-state index contributed by atoms with van der Waals surface area (Å²) in [6.07, 6.45) is 0. The summed E-state index contributed by atoms with van der Waals surface area (Å²) in [4.78, 5) is 9.87. The zero-order valence-electron chi connectivity index (χ0n) is 10.9. The monoisotopic (exact) mass is 259 g/mol. The van der Waals surface area contributed by atoms with Gasteiger partial charge in [-0.2, -0.15) is 0 Å². The summed E-state index contributed by atoms with van der Waals surface area (Å²) >= 11 is 5.33. The molecule has 0 fully saturated rings. The highest BCUT2D eigenvalue weighted by atomic mass is 32.1. The molecule has 0 radical (unpaired) electrons. The van der Waals surface area contributed by atoms with Crippen LogP contribution in [0.5, 0.6) is 0 Å². The van der Waals surface area contributed by atoms with Crippen molar-refractivity contribution in [3.8, 4) is 11.3 Å². The van der Waals surface area contributed by atoms with Crippen molar-refractivity contribution in [2.75, 3.05) is 14.1 Å². The Kier molecular flexibility index (Phi) is 3.89. The van der Waals surface area contributed by atoms with Crippen molar-refractivity contribution >= 4 is 12.2 Å². The minimum absolute atomic E-state index is 0.671. The minimum Gasteiger partial charge on any atom is -0.342 e. The molecule has 0 saturated heterocycles. The standard InChI is InChI=1S/C14H17N3S/c1-10-13(11-7-5-4-6-8-11)15-12(9-17(2)3)16-14(10)18/h4-8H,9H2,1-3H3,(H,15,16,18). The first-order valence-corrected chi connectivity index (χ1v) is 6.28. The van der Waals surface area contributed by atoms with Gasteiger partial charge in [-0.1, -0.05) is 42.5 Å². The van der Waals surface area contributed by atoms with Crippen molar-refractivity contribution in [1.82, 2.24) is 14.9 Å². The van der Waals surface area contributed by atoms with Gasteiger partial charge < -0.3 is 9.88 Å². The van der Waals surface area contributed by atoms with Crippen molar-refractivity contribution in [3.63, 3.8) is 0 Å². The fourth-order valence-electron chi connectivity index (χ4n) is 1.85. The fourth-order valence-corrected chi connectivity index (χ4v) is 2.06. The largest absolute Gasteiger partial charge is 0.342 e. The van der Waals surface area contributed by atoms with Gasteiger partial charge in [-0.05, 0) is 26.6 Å². The van der Waals surface area contributed by atoms with E-state index in [-0.39, 0.29) is 0 Å². The van der Waals surface area contributed by atoms with Gasteiger partial charge in [0.25, 0.3) is 0 Å². The summed E-state index contributed by atoms with van der Waals surface area (Å²) in [6.45, 7) is 2.76. The molecule has 0 aliphatic rings. The Morgan fingerprint density at radius 3 is 2.50 bits per heavy atom. The molecular weight excluding hydrogens is 242 g/mol. The molecule has 1 N–H and O–H groups in total. The van der Waals surface area contributed by atoms with Crippen molar-refractivity contribution in [2.24, 2.45) is 0 Å². The lowest BCUT2D eigenvalue weighted by Crippen LogP contribution is -2.14. The normalized spacial score (nSPS) is 10.9. The van der Waals surface area contributed by atoms with Crippen molar-refractivity contribution in [2.45, 2.75) is 13.5 Å². The molecule has 0 unspecified atom stereocenters. The Morgan fingerprint density at radius 2 is 1.89 bits per heavy atom. The Hall–Kier alpha value is -1.52. The van der Waals surface area contributed by atoms with Crippen LogP contribution in [0.4, 0.5) is 0 Å². The van der Waals surface area contributed by atoms with Gasteiger partial charge in [-0.3, -0.25) is 0 Å². The van der Waals surface area contributed by atoms with Crippen LogP contribution < -0.4 is 0 Å². The average Bonchev–Trinajstić information content (AvgIpc) is 2.34. The summed E-state index contributed by atoms with van der Waals surface area (Å²) in [5.41, 5.74) is 3.23. The van der Waals surface area contributed by atoms with E-state index in [2.05, 4.69) is 27.0 Å². The minimum atomic E-state index is 0.671. The number of nitrogens with zero attached hydrogens (tertiary/aromatic N) is 2. The predicted molar refractivity (Wildman–Crippen MR) is 77.0 cm³/mol. The molecule has 0 atom stereocenters. The van der Waals surface area contributed by atoms with Crippen LogP contribution in [0.2, 0.25) is 0 Å². The van der Waals surface area contributed by atoms with Gasteiger partial charge in [-0.25, -0.2) is 4.98 Å². The Labute approximate surface area is 113 Å². The lowest BCUT2D eigenvalue weighted by molar-refractivity contribution is 0.390. The zero-order valence-corrected chi connectivity index (χ0v) is 11.7. The molecule has 3 nitrogen and oxygen atoms in total. The topological polar surface area (TPSA) is 31.9 Å². The van der Waals surface area contributed by atoms with Gasteiger partial charge in [-0.15, -0.1) is 0 Å². The highest BCUT2D eigenvalue weighted by molar-refractivity contribution is 7.71. The molecule has 1 aromatic carbocycles. The molecule has 18 heavy (non-hydrogen) atoms. The van der Waals surface area contributed by atoms with E-state index in [1.165, 1.54) is 0 Å². The zero-order chi connectivity index (χ0) is 13.1. The van der Waals surface area contributed by atoms with Gasteiger partial charge >= 0.3 is 0 Å².